The van der Waals surface area contributed by atoms with E-state index in [1.165, 1.54) is 11.1 Å². The number of hydrogen-bond donors (Lipinski definition) is 1. The fourth-order valence-corrected chi connectivity index (χ4v) is 2.89. The normalized spacial score (nSPS) is 29.4. The number of benzene rings is 1. The second kappa shape index (κ2) is 3.47. The van der Waals surface area contributed by atoms with Crippen molar-refractivity contribution >= 4 is 0 Å². The Morgan fingerprint density at radius 1 is 1.35 bits per heavy atom. The topological polar surface area (TPSA) is 38.7 Å². The molecular weight excluding hydrogens is 216 g/mol. The van der Waals surface area contributed by atoms with Gasteiger partial charge in [0.25, 0.3) is 0 Å². The number of hydrogen-bond acceptors (Lipinski definition) is 3. The third-order valence-corrected chi connectivity index (χ3v) is 3.47. The van der Waals surface area contributed by atoms with Crippen molar-refractivity contribution in [1.29, 1.82) is 0 Å². The Balaban J connectivity index is 2.16. The molecule has 3 rings (SSSR count). The summed E-state index contributed by atoms with van der Waals surface area (Å²) in [6, 6.07) is 4.19. The third kappa shape index (κ3) is 1.83. The summed E-state index contributed by atoms with van der Waals surface area (Å²) in [6.45, 7) is 6.17. The number of aryl methyl sites for hydroxylation is 1. The SMILES string of the molecule is Cc1cc2c3c(c1)OC(C)(C)C[C@H]3O[C@@H](O)C2. The van der Waals surface area contributed by atoms with E-state index in [4.69, 9.17) is 9.47 Å². The van der Waals surface area contributed by atoms with E-state index in [2.05, 4.69) is 32.9 Å². The Bertz CT molecular complexity index is 465. The summed E-state index contributed by atoms with van der Waals surface area (Å²) in [4.78, 5) is 0. The molecule has 1 aromatic rings. The molecule has 1 aromatic carbocycles. The molecule has 2 aliphatic rings. The maximum Gasteiger partial charge on any atom is 0.159 e. The minimum atomic E-state index is -0.684. The molecule has 17 heavy (non-hydrogen) atoms. The van der Waals surface area contributed by atoms with Crippen molar-refractivity contribution in [3.63, 3.8) is 0 Å². The van der Waals surface area contributed by atoms with Crippen LogP contribution in [0.25, 0.3) is 0 Å². The predicted molar refractivity (Wildman–Crippen MR) is 64.0 cm³/mol. The molecule has 0 fully saturated rings. The highest BCUT2D eigenvalue weighted by atomic mass is 16.6. The van der Waals surface area contributed by atoms with Gasteiger partial charge in [-0.2, -0.15) is 0 Å². The molecule has 92 valence electrons. The van der Waals surface area contributed by atoms with Crippen LogP contribution in [0.4, 0.5) is 0 Å². The van der Waals surface area contributed by atoms with Crippen molar-refractivity contribution in [2.45, 2.75) is 51.6 Å². The van der Waals surface area contributed by atoms with E-state index in [0.717, 1.165) is 17.7 Å². The molecule has 1 N–H and O–H groups in total. The Morgan fingerprint density at radius 2 is 2.12 bits per heavy atom. The molecule has 0 amide bonds. The summed E-state index contributed by atoms with van der Waals surface area (Å²) in [5.74, 6) is 0.924. The average molecular weight is 234 g/mol. The summed E-state index contributed by atoms with van der Waals surface area (Å²) >= 11 is 0. The first-order valence-electron chi connectivity index (χ1n) is 6.10. The van der Waals surface area contributed by atoms with E-state index in [1.54, 1.807) is 0 Å². The van der Waals surface area contributed by atoms with Gasteiger partial charge in [-0.25, -0.2) is 0 Å². The van der Waals surface area contributed by atoms with Crippen LogP contribution < -0.4 is 4.74 Å². The Kier molecular flexibility index (Phi) is 2.25. The third-order valence-electron chi connectivity index (χ3n) is 3.47. The van der Waals surface area contributed by atoms with Gasteiger partial charge in [0.15, 0.2) is 6.29 Å². The van der Waals surface area contributed by atoms with Crippen molar-refractivity contribution in [3.05, 3.63) is 28.8 Å². The lowest BCUT2D eigenvalue weighted by Gasteiger charge is -2.41. The standard InChI is InChI=1S/C14H18O3/c1-8-4-9-6-12(15)16-11-7-14(2,3)17-10(5-8)13(9)11/h4-5,11-12,15H,6-7H2,1-3H3/t11-,12-/m1/s1. The van der Waals surface area contributed by atoms with Crippen molar-refractivity contribution in [2.75, 3.05) is 0 Å². The van der Waals surface area contributed by atoms with E-state index in [0.29, 0.717) is 6.42 Å². The Labute approximate surface area is 101 Å². The second-order valence-electron chi connectivity index (χ2n) is 5.69. The van der Waals surface area contributed by atoms with Crippen LogP contribution in [0.1, 0.15) is 43.1 Å². The second-order valence-corrected chi connectivity index (χ2v) is 5.69. The quantitative estimate of drug-likeness (QED) is 0.749. The molecule has 0 spiro atoms. The Morgan fingerprint density at radius 3 is 2.88 bits per heavy atom. The molecule has 0 bridgehead atoms. The average Bonchev–Trinajstić information content (AvgIpc) is 2.12. The van der Waals surface area contributed by atoms with Gasteiger partial charge in [-0.15, -0.1) is 0 Å². The van der Waals surface area contributed by atoms with Gasteiger partial charge in [0.05, 0.1) is 6.10 Å². The predicted octanol–water partition coefficient (Wildman–Crippen LogP) is 2.49. The highest BCUT2D eigenvalue weighted by molar-refractivity contribution is 5.48. The van der Waals surface area contributed by atoms with Gasteiger partial charge < -0.3 is 14.6 Å². The van der Waals surface area contributed by atoms with Gasteiger partial charge in [0, 0.05) is 18.4 Å². The molecule has 3 heteroatoms. The summed E-state index contributed by atoms with van der Waals surface area (Å²) in [5, 5.41) is 9.77. The van der Waals surface area contributed by atoms with Gasteiger partial charge in [0.2, 0.25) is 0 Å². The van der Waals surface area contributed by atoms with Gasteiger partial charge in [0.1, 0.15) is 11.4 Å². The number of aliphatic hydroxyl groups is 1. The van der Waals surface area contributed by atoms with Crippen LogP contribution in [-0.2, 0) is 11.2 Å². The first-order chi connectivity index (χ1) is 7.94. The molecule has 0 saturated carbocycles. The lowest BCUT2D eigenvalue weighted by atomic mass is 9.85. The molecule has 0 radical (unpaired) electrons. The molecule has 3 nitrogen and oxygen atoms in total. The van der Waals surface area contributed by atoms with E-state index >= 15 is 0 Å². The highest BCUT2D eigenvalue weighted by Gasteiger charge is 2.39. The van der Waals surface area contributed by atoms with Gasteiger partial charge >= 0.3 is 0 Å². The van der Waals surface area contributed by atoms with E-state index in [9.17, 15) is 5.11 Å². The van der Waals surface area contributed by atoms with Crippen LogP contribution in [-0.4, -0.2) is 17.0 Å². The molecular formula is C14H18O3. The van der Waals surface area contributed by atoms with Gasteiger partial charge in [-0.05, 0) is 38.0 Å². The maximum absolute atomic E-state index is 9.77. The lowest BCUT2D eigenvalue weighted by Crippen LogP contribution is -2.39. The van der Waals surface area contributed by atoms with Crippen molar-refractivity contribution < 1.29 is 14.6 Å². The molecule has 0 unspecified atom stereocenters. The highest BCUT2D eigenvalue weighted by Crippen LogP contribution is 2.46. The maximum atomic E-state index is 9.77. The number of ether oxygens (including phenoxy) is 2. The van der Waals surface area contributed by atoms with Crippen LogP contribution >= 0.6 is 0 Å². The first kappa shape index (κ1) is 11.1. The van der Waals surface area contributed by atoms with E-state index < -0.39 is 6.29 Å². The molecule has 0 aromatic heterocycles. The van der Waals surface area contributed by atoms with Crippen LogP contribution in [0, 0.1) is 6.92 Å². The van der Waals surface area contributed by atoms with Gasteiger partial charge in [-0.3, -0.25) is 0 Å². The van der Waals surface area contributed by atoms with Crippen molar-refractivity contribution in [1.82, 2.24) is 0 Å². The minimum Gasteiger partial charge on any atom is -0.487 e. The fraction of sp³-hybridized carbons (Fsp3) is 0.571. The zero-order valence-electron chi connectivity index (χ0n) is 10.5. The van der Waals surface area contributed by atoms with E-state index in [-0.39, 0.29) is 11.7 Å². The molecule has 0 aliphatic carbocycles. The number of aliphatic hydroxyl groups excluding tert-OH is 1. The summed E-state index contributed by atoms with van der Waals surface area (Å²) in [7, 11) is 0. The summed E-state index contributed by atoms with van der Waals surface area (Å²) < 4.78 is 11.7. The Hall–Kier alpha value is -1.06. The smallest absolute Gasteiger partial charge is 0.159 e. The first-order valence-corrected chi connectivity index (χ1v) is 6.10. The van der Waals surface area contributed by atoms with E-state index in [1.807, 2.05) is 0 Å². The van der Waals surface area contributed by atoms with Crippen LogP contribution in [0.5, 0.6) is 5.75 Å². The van der Waals surface area contributed by atoms with Crippen molar-refractivity contribution in [3.8, 4) is 5.75 Å². The largest absolute Gasteiger partial charge is 0.487 e. The minimum absolute atomic E-state index is 0.0342. The summed E-state index contributed by atoms with van der Waals surface area (Å²) in [5.41, 5.74) is 3.24. The lowest BCUT2D eigenvalue weighted by molar-refractivity contribution is -0.166. The van der Waals surface area contributed by atoms with Crippen LogP contribution in [0.3, 0.4) is 0 Å². The van der Waals surface area contributed by atoms with Crippen LogP contribution in [0.15, 0.2) is 12.1 Å². The zero-order valence-corrected chi connectivity index (χ0v) is 10.5. The summed E-state index contributed by atoms with van der Waals surface area (Å²) in [6.07, 6.45) is 0.626. The molecule has 2 atom stereocenters. The van der Waals surface area contributed by atoms with Gasteiger partial charge in [-0.1, -0.05) is 6.07 Å². The molecule has 2 aliphatic heterocycles. The number of rotatable bonds is 0. The van der Waals surface area contributed by atoms with Crippen molar-refractivity contribution in [2.24, 2.45) is 0 Å². The fourth-order valence-electron chi connectivity index (χ4n) is 2.89. The van der Waals surface area contributed by atoms with Crippen LogP contribution in [0.2, 0.25) is 0 Å². The molecule has 2 heterocycles. The monoisotopic (exact) mass is 234 g/mol. The molecule has 0 saturated heterocycles. The zero-order chi connectivity index (χ0) is 12.2.